The number of benzene rings is 1. The summed E-state index contributed by atoms with van der Waals surface area (Å²) >= 11 is 5.80. The van der Waals surface area contributed by atoms with Crippen LogP contribution in [0, 0.1) is 0 Å². The summed E-state index contributed by atoms with van der Waals surface area (Å²) in [6, 6.07) is 8.28. The number of carbonyl (C=O) groups excluding carboxylic acids is 1. The van der Waals surface area contributed by atoms with Crippen molar-refractivity contribution in [3.63, 3.8) is 0 Å². The number of ether oxygens (including phenoxy) is 1. The third kappa shape index (κ3) is 2.54. The monoisotopic (exact) mass is 265 g/mol. The lowest BCUT2D eigenvalue weighted by Gasteiger charge is -2.09. The van der Waals surface area contributed by atoms with Gasteiger partial charge in [-0.3, -0.25) is 9.59 Å². The molecule has 0 aliphatic carbocycles. The first-order chi connectivity index (χ1) is 8.61. The van der Waals surface area contributed by atoms with Crippen LogP contribution in [0.3, 0.4) is 0 Å². The summed E-state index contributed by atoms with van der Waals surface area (Å²) in [6.07, 6.45) is 0.488. The summed E-state index contributed by atoms with van der Waals surface area (Å²) in [5.41, 5.74) is 0.252. The van der Waals surface area contributed by atoms with Gasteiger partial charge in [0, 0.05) is 11.5 Å². The molecule has 0 radical (unpaired) electrons. The zero-order valence-corrected chi connectivity index (χ0v) is 10.5. The first-order valence-electron chi connectivity index (χ1n) is 5.59. The van der Waals surface area contributed by atoms with Crippen LogP contribution in [0.15, 0.2) is 35.1 Å². The Morgan fingerprint density at radius 2 is 2.17 bits per heavy atom. The molecule has 1 aromatic heterocycles. The number of nitrogens with one attached hydrogen (secondary N) is 1. The van der Waals surface area contributed by atoms with Crippen molar-refractivity contribution in [1.29, 1.82) is 0 Å². The molecule has 0 amide bonds. The molecule has 1 atom stereocenters. The molecule has 0 fully saturated rings. The molecule has 0 saturated carbocycles. The fraction of sp³-hybridized carbons (Fsp3) is 0.231. The van der Waals surface area contributed by atoms with Crippen molar-refractivity contribution in [2.45, 2.75) is 18.7 Å². The van der Waals surface area contributed by atoms with E-state index in [4.69, 9.17) is 16.3 Å². The van der Waals surface area contributed by atoms with Gasteiger partial charge >= 0.3 is 5.97 Å². The van der Waals surface area contributed by atoms with Gasteiger partial charge in [0.15, 0.2) is 5.75 Å². The van der Waals surface area contributed by atoms with E-state index in [2.05, 4.69) is 4.98 Å². The van der Waals surface area contributed by atoms with Crippen molar-refractivity contribution in [3.8, 4) is 5.75 Å². The molecular formula is C13H12ClNO3. The third-order valence-electron chi connectivity index (χ3n) is 2.55. The van der Waals surface area contributed by atoms with E-state index in [1.54, 1.807) is 25.1 Å². The number of para-hydroxylation sites is 1. The van der Waals surface area contributed by atoms with Crippen molar-refractivity contribution in [2.75, 3.05) is 0 Å². The Morgan fingerprint density at radius 3 is 2.89 bits per heavy atom. The Morgan fingerprint density at radius 1 is 1.39 bits per heavy atom. The molecule has 1 N–H and O–H groups in total. The molecule has 1 aromatic carbocycles. The Bertz CT molecular complexity index is 635. The Balaban J connectivity index is 2.42. The number of rotatable bonds is 3. The normalized spacial score (nSPS) is 12.3. The van der Waals surface area contributed by atoms with E-state index in [1.807, 2.05) is 6.07 Å². The minimum Gasteiger partial charge on any atom is -0.423 e. The second-order valence-corrected chi connectivity index (χ2v) is 4.37. The van der Waals surface area contributed by atoms with Crippen LogP contribution in [0.5, 0.6) is 5.75 Å². The van der Waals surface area contributed by atoms with Gasteiger partial charge in [0.05, 0.1) is 5.52 Å². The molecule has 1 heterocycles. The largest absolute Gasteiger partial charge is 0.423 e. The lowest BCUT2D eigenvalue weighted by atomic mass is 10.2. The summed E-state index contributed by atoms with van der Waals surface area (Å²) in [7, 11) is 0. The van der Waals surface area contributed by atoms with Gasteiger partial charge in [-0.25, -0.2) is 0 Å². The Hall–Kier alpha value is -1.81. The SMILES string of the molecule is CCC(Cl)C(=O)Oc1cccc2ccc(=O)[nH]c12. The Kier molecular flexibility index (Phi) is 3.67. The number of fused-ring (bicyclic) bond motifs is 1. The van der Waals surface area contributed by atoms with Crippen LogP contribution in [-0.2, 0) is 4.79 Å². The number of esters is 1. The third-order valence-corrected chi connectivity index (χ3v) is 3.03. The highest BCUT2D eigenvalue weighted by Gasteiger charge is 2.16. The zero-order chi connectivity index (χ0) is 13.1. The van der Waals surface area contributed by atoms with Crippen molar-refractivity contribution in [1.82, 2.24) is 4.98 Å². The van der Waals surface area contributed by atoms with Crippen LogP contribution in [0.1, 0.15) is 13.3 Å². The molecule has 0 saturated heterocycles. The predicted molar refractivity (Wildman–Crippen MR) is 70.1 cm³/mol. The Labute approximate surface area is 109 Å². The molecule has 0 spiro atoms. The molecular weight excluding hydrogens is 254 g/mol. The van der Waals surface area contributed by atoms with E-state index in [-0.39, 0.29) is 5.56 Å². The molecule has 2 rings (SSSR count). The van der Waals surface area contributed by atoms with Crippen LogP contribution in [0.4, 0.5) is 0 Å². The van der Waals surface area contributed by atoms with Crippen LogP contribution in [0.25, 0.3) is 10.9 Å². The standard InChI is InChI=1S/C13H12ClNO3/c1-2-9(14)13(17)18-10-5-3-4-8-6-7-11(16)15-12(8)10/h3-7,9H,2H2,1H3,(H,15,16). The number of aromatic nitrogens is 1. The second kappa shape index (κ2) is 5.23. The first kappa shape index (κ1) is 12.6. The van der Waals surface area contributed by atoms with Crippen LogP contribution in [0.2, 0.25) is 0 Å². The van der Waals surface area contributed by atoms with E-state index in [1.165, 1.54) is 6.07 Å². The number of aromatic amines is 1. The topological polar surface area (TPSA) is 59.2 Å². The minimum absolute atomic E-state index is 0.246. The number of hydrogen-bond donors (Lipinski definition) is 1. The number of H-pyrrole nitrogens is 1. The molecule has 1 unspecified atom stereocenters. The maximum absolute atomic E-state index is 11.6. The molecule has 0 aliphatic rings. The maximum atomic E-state index is 11.6. The summed E-state index contributed by atoms with van der Waals surface area (Å²) in [5.74, 6) is -0.203. The van der Waals surface area contributed by atoms with Crippen molar-refractivity contribution < 1.29 is 9.53 Å². The molecule has 5 heteroatoms. The quantitative estimate of drug-likeness (QED) is 0.527. The minimum atomic E-state index is -0.685. The number of halogens is 1. The first-order valence-corrected chi connectivity index (χ1v) is 6.03. The predicted octanol–water partition coefficient (Wildman–Crippen LogP) is 2.45. The van der Waals surface area contributed by atoms with Gasteiger partial charge in [0.25, 0.3) is 0 Å². The highest BCUT2D eigenvalue weighted by atomic mass is 35.5. The molecule has 2 aromatic rings. The zero-order valence-electron chi connectivity index (χ0n) is 9.77. The van der Waals surface area contributed by atoms with Gasteiger partial charge in [0.1, 0.15) is 5.38 Å². The van der Waals surface area contributed by atoms with Gasteiger partial charge in [-0.1, -0.05) is 19.1 Å². The van der Waals surface area contributed by atoms with E-state index in [0.29, 0.717) is 17.7 Å². The summed E-state index contributed by atoms with van der Waals surface area (Å²) in [4.78, 5) is 25.6. The summed E-state index contributed by atoms with van der Waals surface area (Å²) < 4.78 is 5.19. The number of carbonyl (C=O) groups is 1. The number of pyridine rings is 1. The number of alkyl halides is 1. The highest BCUT2D eigenvalue weighted by molar-refractivity contribution is 6.30. The summed E-state index contributed by atoms with van der Waals surface area (Å²) in [6.45, 7) is 1.80. The molecule has 94 valence electrons. The second-order valence-electron chi connectivity index (χ2n) is 3.84. The van der Waals surface area contributed by atoms with Gasteiger partial charge < -0.3 is 9.72 Å². The lowest BCUT2D eigenvalue weighted by Crippen LogP contribution is -2.20. The van der Waals surface area contributed by atoms with Crippen LogP contribution in [-0.4, -0.2) is 16.3 Å². The number of hydrogen-bond acceptors (Lipinski definition) is 3. The smallest absolute Gasteiger partial charge is 0.329 e. The van der Waals surface area contributed by atoms with Gasteiger partial charge in [-0.15, -0.1) is 11.6 Å². The van der Waals surface area contributed by atoms with E-state index in [9.17, 15) is 9.59 Å². The van der Waals surface area contributed by atoms with Crippen molar-refractivity contribution in [3.05, 3.63) is 40.7 Å². The van der Waals surface area contributed by atoms with Gasteiger partial charge in [-0.05, 0) is 18.6 Å². The van der Waals surface area contributed by atoms with Gasteiger partial charge in [-0.2, -0.15) is 0 Å². The summed E-state index contributed by atoms with van der Waals surface area (Å²) in [5, 5.41) is 0.109. The fourth-order valence-corrected chi connectivity index (χ4v) is 1.62. The molecule has 18 heavy (non-hydrogen) atoms. The van der Waals surface area contributed by atoms with Crippen molar-refractivity contribution in [2.24, 2.45) is 0 Å². The van der Waals surface area contributed by atoms with E-state index in [0.717, 1.165) is 5.39 Å². The maximum Gasteiger partial charge on any atom is 0.329 e. The van der Waals surface area contributed by atoms with Crippen LogP contribution < -0.4 is 10.3 Å². The lowest BCUT2D eigenvalue weighted by molar-refractivity contribution is -0.133. The average molecular weight is 266 g/mol. The average Bonchev–Trinajstić information content (AvgIpc) is 2.38. The van der Waals surface area contributed by atoms with E-state index >= 15 is 0 Å². The molecule has 0 aliphatic heterocycles. The highest BCUT2D eigenvalue weighted by Crippen LogP contribution is 2.23. The van der Waals surface area contributed by atoms with Gasteiger partial charge in [0.2, 0.25) is 5.56 Å². The van der Waals surface area contributed by atoms with Crippen molar-refractivity contribution >= 4 is 28.5 Å². The molecule has 0 bridgehead atoms. The molecule has 4 nitrogen and oxygen atoms in total. The van der Waals surface area contributed by atoms with E-state index < -0.39 is 11.3 Å². The fourth-order valence-electron chi connectivity index (χ4n) is 1.58. The van der Waals surface area contributed by atoms with Crippen LogP contribution >= 0.6 is 11.6 Å².